The van der Waals surface area contributed by atoms with Crippen molar-refractivity contribution < 1.29 is 4.79 Å². The van der Waals surface area contributed by atoms with Crippen LogP contribution in [0, 0.1) is 0 Å². The molecule has 6 nitrogen and oxygen atoms in total. The normalized spacial score (nSPS) is 15.6. The second-order valence-corrected chi connectivity index (χ2v) is 8.80. The van der Waals surface area contributed by atoms with E-state index in [1.165, 1.54) is 16.7 Å². The summed E-state index contributed by atoms with van der Waals surface area (Å²) in [6, 6.07) is 20.1. The number of aromatic nitrogens is 4. The van der Waals surface area contributed by atoms with E-state index in [1.54, 1.807) is 18.7 Å². The maximum atomic E-state index is 13.7. The van der Waals surface area contributed by atoms with Crippen molar-refractivity contribution in [3.05, 3.63) is 101 Å². The van der Waals surface area contributed by atoms with Crippen molar-refractivity contribution in [1.82, 2.24) is 24.8 Å². The molecule has 1 aliphatic heterocycles. The van der Waals surface area contributed by atoms with Crippen molar-refractivity contribution in [2.45, 2.75) is 12.5 Å². The highest BCUT2D eigenvalue weighted by Gasteiger charge is 2.35. The van der Waals surface area contributed by atoms with Crippen LogP contribution in [-0.2, 0) is 6.42 Å². The largest absolute Gasteiger partial charge is 0.348 e. The highest BCUT2D eigenvalue weighted by Crippen LogP contribution is 2.36. The van der Waals surface area contributed by atoms with Crippen LogP contribution in [0.4, 0.5) is 0 Å². The Bertz CT molecular complexity index is 1420. The summed E-state index contributed by atoms with van der Waals surface area (Å²) in [4.78, 5) is 32.9. The zero-order valence-corrected chi connectivity index (χ0v) is 17.9. The molecule has 0 radical (unpaired) electrons. The third kappa shape index (κ3) is 3.18. The topological polar surface area (TPSA) is 74.8 Å². The van der Waals surface area contributed by atoms with Gasteiger partial charge in [0.2, 0.25) is 0 Å². The third-order valence-corrected chi connectivity index (χ3v) is 6.88. The molecule has 0 aliphatic carbocycles. The Hall–Kier alpha value is -3.84. The number of thiazole rings is 1. The highest BCUT2D eigenvalue weighted by atomic mass is 32.1. The first-order valence-corrected chi connectivity index (χ1v) is 11.3. The predicted molar refractivity (Wildman–Crippen MR) is 124 cm³/mol. The summed E-state index contributed by atoms with van der Waals surface area (Å²) >= 11 is 1.38. The van der Waals surface area contributed by atoms with Crippen LogP contribution >= 0.6 is 11.3 Å². The number of imidazole rings is 1. The van der Waals surface area contributed by atoms with Gasteiger partial charge < -0.3 is 9.88 Å². The fraction of sp³-hybridized carbons (Fsp3) is 0.120. The smallest absolute Gasteiger partial charge is 0.266 e. The maximum Gasteiger partial charge on any atom is 0.266 e. The van der Waals surface area contributed by atoms with Crippen LogP contribution in [0.1, 0.15) is 32.7 Å². The number of carbonyl (C=O) groups excluding carboxylic acids is 1. The number of nitrogens with one attached hydrogen (secondary N) is 1. The molecule has 0 fully saturated rings. The molecule has 3 aromatic heterocycles. The van der Waals surface area contributed by atoms with E-state index in [4.69, 9.17) is 0 Å². The van der Waals surface area contributed by atoms with Crippen molar-refractivity contribution in [3.8, 4) is 10.7 Å². The Morgan fingerprint density at radius 2 is 1.88 bits per heavy atom. The molecule has 1 N–H and O–H groups in total. The van der Waals surface area contributed by atoms with Crippen LogP contribution in [0.5, 0.6) is 0 Å². The molecule has 5 aromatic rings. The van der Waals surface area contributed by atoms with Crippen LogP contribution in [0.2, 0.25) is 0 Å². The van der Waals surface area contributed by atoms with E-state index >= 15 is 0 Å². The standard InChI is InChI=1S/C25H19N5OS/c31-25(21-14-27-24(32-21)20-7-3-4-11-26-20)30-12-10-19-22(29-15-28-19)23(30)18-9-8-16-5-1-2-6-17(16)13-18/h1-9,11,13-15,23H,10,12H2,(H,28,29)/t23-/m1/s1. The number of hydrogen-bond acceptors (Lipinski definition) is 5. The fourth-order valence-electron chi connectivity index (χ4n) is 4.33. The molecule has 6 rings (SSSR count). The molecule has 156 valence electrons. The van der Waals surface area contributed by atoms with Crippen molar-refractivity contribution in [2.24, 2.45) is 0 Å². The Morgan fingerprint density at radius 3 is 2.75 bits per heavy atom. The lowest BCUT2D eigenvalue weighted by Crippen LogP contribution is -2.40. The number of amides is 1. The molecule has 0 saturated heterocycles. The van der Waals surface area contributed by atoms with Gasteiger partial charge in [0.1, 0.15) is 15.9 Å². The summed E-state index contributed by atoms with van der Waals surface area (Å²) in [5, 5.41) is 3.07. The van der Waals surface area contributed by atoms with Crippen molar-refractivity contribution in [1.29, 1.82) is 0 Å². The lowest BCUT2D eigenvalue weighted by Gasteiger charge is -2.35. The van der Waals surface area contributed by atoms with Gasteiger partial charge >= 0.3 is 0 Å². The number of hydrogen-bond donors (Lipinski definition) is 1. The van der Waals surface area contributed by atoms with Gasteiger partial charge in [-0.1, -0.05) is 42.5 Å². The molecule has 0 bridgehead atoms. The molecule has 32 heavy (non-hydrogen) atoms. The van der Waals surface area contributed by atoms with E-state index in [-0.39, 0.29) is 11.9 Å². The molecule has 0 unspecified atom stereocenters. The minimum absolute atomic E-state index is 0.0310. The second kappa shape index (κ2) is 7.69. The van der Waals surface area contributed by atoms with E-state index in [0.29, 0.717) is 11.4 Å². The lowest BCUT2D eigenvalue weighted by molar-refractivity contribution is 0.0695. The van der Waals surface area contributed by atoms with Crippen LogP contribution in [0.25, 0.3) is 21.5 Å². The predicted octanol–water partition coefficient (Wildman–Crippen LogP) is 4.87. The van der Waals surface area contributed by atoms with Crippen molar-refractivity contribution >= 4 is 28.0 Å². The molecule has 4 heterocycles. The maximum absolute atomic E-state index is 13.7. The molecule has 1 atom stereocenters. The fourth-order valence-corrected chi connectivity index (χ4v) is 5.18. The highest BCUT2D eigenvalue weighted by molar-refractivity contribution is 7.16. The average molecular weight is 438 g/mol. The lowest BCUT2D eigenvalue weighted by atomic mass is 9.93. The van der Waals surface area contributed by atoms with Gasteiger partial charge in [0.25, 0.3) is 5.91 Å². The molecular weight excluding hydrogens is 418 g/mol. The molecular formula is C25H19N5OS. The first kappa shape index (κ1) is 18.9. The van der Waals surface area contributed by atoms with E-state index < -0.39 is 0 Å². The number of fused-ring (bicyclic) bond motifs is 2. The van der Waals surface area contributed by atoms with Gasteiger partial charge in [-0.15, -0.1) is 11.3 Å². The summed E-state index contributed by atoms with van der Waals surface area (Å²) in [6.07, 6.45) is 5.86. The van der Waals surface area contributed by atoms with Gasteiger partial charge in [0, 0.05) is 24.9 Å². The molecule has 0 spiro atoms. The van der Waals surface area contributed by atoms with Crippen LogP contribution in [0.15, 0.2) is 79.4 Å². The zero-order chi connectivity index (χ0) is 21.5. The Morgan fingerprint density at radius 1 is 1.00 bits per heavy atom. The Balaban J connectivity index is 1.40. The van der Waals surface area contributed by atoms with Gasteiger partial charge in [-0.2, -0.15) is 0 Å². The van der Waals surface area contributed by atoms with Gasteiger partial charge in [-0.05, 0) is 34.5 Å². The van der Waals surface area contributed by atoms with Crippen LogP contribution in [-0.4, -0.2) is 37.3 Å². The van der Waals surface area contributed by atoms with E-state index in [0.717, 1.165) is 39.5 Å². The Kier molecular flexibility index (Phi) is 4.54. The Labute approximate surface area is 188 Å². The van der Waals surface area contributed by atoms with Crippen LogP contribution in [0.3, 0.4) is 0 Å². The first-order valence-electron chi connectivity index (χ1n) is 10.5. The van der Waals surface area contributed by atoms with Gasteiger partial charge in [-0.3, -0.25) is 9.78 Å². The SMILES string of the molecule is O=C(c1cnc(-c2ccccn2)s1)N1CCc2[nH]cnc2[C@H]1c1ccc2ccccc2c1. The van der Waals surface area contributed by atoms with Crippen LogP contribution < -0.4 is 0 Å². The van der Waals surface area contributed by atoms with Gasteiger partial charge in [0.05, 0.1) is 23.9 Å². The number of aromatic amines is 1. The number of benzene rings is 2. The number of H-pyrrole nitrogens is 1. The van der Waals surface area contributed by atoms with E-state index in [2.05, 4.69) is 50.3 Å². The van der Waals surface area contributed by atoms with Crippen molar-refractivity contribution in [3.63, 3.8) is 0 Å². The first-order chi connectivity index (χ1) is 15.8. The molecule has 2 aromatic carbocycles. The van der Waals surface area contributed by atoms with Gasteiger partial charge in [0.15, 0.2) is 0 Å². The summed E-state index contributed by atoms with van der Waals surface area (Å²) in [7, 11) is 0. The number of nitrogens with zero attached hydrogens (tertiary/aromatic N) is 4. The number of rotatable bonds is 3. The monoisotopic (exact) mass is 437 g/mol. The number of pyridine rings is 1. The minimum Gasteiger partial charge on any atom is -0.348 e. The number of carbonyl (C=O) groups is 1. The molecule has 1 aliphatic rings. The van der Waals surface area contributed by atoms with E-state index in [1.807, 2.05) is 35.2 Å². The zero-order valence-electron chi connectivity index (χ0n) is 17.1. The van der Waals surface area contributed by atoms with E-state index in [9.17, 15) is 4.79 Å². The molecule has 7 heteroatoms. The third-order valence-electron chi connectivity index (χ3n) is 5.88. The summed E-state index contributed by atoms with van der Waals surface area (Å²) in [5.41, 5.74) is 3.83. The molecule has 1 amide bonds. The van der Waals surface area contributed by atoms with Crippen molar-refractivity contribution in [2.75, 3.05) is 6.54 Å². The van der Waals surface area contributed by atoms with Gasteiger partial charge in [-0.25, -0.2) is 9.97 Å². The second-order valence-electron chi connectivity index (χ2n) is 7.77. The minimum atomic E-state index is -0.248. The quantitative estimate of drug-likeness (QED) is 0.437. The molecule has 0 saturated carbocycles. The summed E-state index contributed by atoms with van der Waals surface area (Å²) in [6.45, 7) is 0.613. The summed E-state index contributed by atoms with van der Waals surface area (Å²) in [5.74, 6) is -0.0310. The summed E-state index contributed by atoms with van der Waals surface area (Å²) < 4.78 is 0. The average Bonchev–Trinajstić information content (AvgIpc) is 3.53.